The van der Waals surface area contributed by atoms with Gasteiger partial charge >= 0.3 is 5.97 Å². The second-order valence-corrected chi connectivity index (χ2v) is 6.63. The molecule has 1 aliphatic carbocycles. The highest BCUT2D eigenvalue weighted by atomic mass is 32.2. The SMILES string of the molecule is O=C(CS(=O)(=O)C1CCCC1)OCc1ccno1. The van der Waals surface area contributed by atoms with Gasteiger partial charge in [-0.3, -0.25) is 4.79 Å². The summed E-state index contributed by atoms with van der Waals surface area (Å²) in [5, 5.41) is 3.07. The van der Waals surface area contributed by atoms with Crippen LogP contribution in [0.4, 0.5) is 0 Å². The molecule has 1 aliphatic rings. The van der Waals surface area contributed by atoms with Gasteiger partial charge in [0.05, 0.1) is 11.4 Å². The topological polar surface area (TPSA) is 86.5 Å². The van der Waals surface area contributed by atoms with Crippen molar-refractivity contribution in [2.75, 3.05) is 5.75 Å². The molecule has 1 heterocycles. The van der Waals surface area contributed by atoms with Gasteiger partial charge in [-0.05, 0) is 12.8 Å². The van der Waals surface area contributed by atoms with E-state index in [9.17, 15) is 13.2 Å². The zero-order valence-electron chi connectivity index (χ0n) is 9.87. The average Bonchev–Trinajstić information content (AvgIpc) is 2.99. The number of hydrogen-bond acceptors (Lipinski definition) is 6. The zero-order valence-corrected chi connectivity index (χ0v) is 10.7. The molecule has 6 nitrogen and oxygen atoms in total. The molecule has 7 heteroatoms. The Morgan fingerprint density at radius 2 is 2.17 bits per heavy atom. The van der Waals surface area contributed by atoms with Crippen molar-refractivity contribution < 1.29 is 22.5 Å². The molecule has 0 unspecified atom stereocenters. The first kappa shape index (κ1) is 13.1. The summed E-state index contributed by atoms with van der Waals surface area (Å²) in [7, 11) is -3.37. The minimum Gasteiger partial charge on any atom is -0.457 e. The summed E-state index contributed by atoms with van der Waals surface area (Å²) < 4.78 is 33.3. The van der Waals surface area contributed by atoms with Crippen molar-refractivity contribution in [2.45, 2.75) is 37.5 Å². The fourth-order valence-electron chi connectivity index (χ4n) is 2.04. The maximum atomic E-state index is 11.9. The van der Waals surface area contributed by atoms with Gasteiger partial charge in [0.2, 0.25) is 0 Å². The van der Waals surface area contributed by atoms with Crippen LogP contribution in [0.5, 0.6) is 0 Å². The highest BCUT2D eigenvalue weighted by Gasteiger charge is 2.31. The molecule has 1 aromatic rings. The Morgan fingerprint density at radius 3 is 2.78 bits per heavy atom. The van der Waals surface area contributed by atoms with E-state index in [1.807, 2.05) is 0 Å². The van der Waals surface area contributed by atoms with Gasteiger partial charge in [0, 0.05) is 6.07 Å². The maximum Gasteiger partial charge on any atom is 0.321 e. The molecular formula is C11H15NO5S. The van der Waals surface area contributed by atoms with Crippen LogP contribution in [0.15, 0.2) is 16.8 Å². The highest BCUT2D eigenvalue weighted by Crippen LogP contribution is 2.25. The quantitative estimate of drug-likeness (QED) is 0.746. The van der Waals surface area contributed by atoms with Crippen LogP contribution in [0.25, 0.3) is 0 Å². The molecule has 1 saturated carbocycles. The summed E-state index contributed by atoms with van der Waals surface area (Å²) in [5.41, 5.74) is 0. The predicted molar refractivity (Wildman–Crippen MR) is 62.3 cm³/mol. The number of carbonyl (C=O) groups is 1. The van der Waals surface area contributed by atoms with E-state index in [1.54, 1.807) is 6.07 Å². The third kappa shape index (κ3) is 3.32. The average molecular weight is 273 g/mol. The van der Waals surface area contributed by atoms with Gasteiger partial charge in [0.1, 0.15) is 5.75 Å². The van der Waals surface area contributed by atoms with Crippen molar-refractivity contribution in [1.82, 2.24) is 5.16 Å². The standard InChI is InChI=1S/C11H15NO5S/c13-11(16-7-9-5-6-12-17-9)8-18(14,15)10-3-1-2-4-10/h5-6,10H,1-4,7-8H2. The molecule has 100 valence electrons. The molecule has 0 bridgehead atoms. The molecule has 0 spiro atoms. The lowest BCUT2D eigenvalue weighted by Crippen LogP contribution is -2.27. The molecule has 0 radical (unpaired) electrons. The van der Waals surface area contributed by atoms with Crippen molar-refractivity contribution in [1.29, 1.82) is 0 Å². The van der Waals surface area contributed by atoms with Gasteiger partial charge in [-0.1, -0.05) is 18.0 Å². The maximum absolute atomic E-state index is 11.9. The van der Waals surface area contributed by atoms with Crippen LogP contribution in [0.3, 0.4) is 0 Å². The van der Waals surface area contributed by atoms with Crippen molar-refractivity contribution in [3.05, 3.63) is 18.0 Å². The van der Waals surface area contributed by atoms with E-state index in [0.29, 0.717) is 18.6 Å². The predicted octanol–water partition coefficient (Wildman–Crippen LogP) is 1.08. The third-order valence-electron chi connectivity index (χ3n) is 3.00. The molecule has 2 rings (SSSR count). The first-order valence-electron chi connectivity index (χ1n) is 5.85. The lowest BCUT2D eigenvalue weighted by atomic mass is 10.4. The molecule has 0 N–H and O–H groups in total. The minimum atomic E-state index is -3.37. The van der Waals surface area contributed by atoms with E-state index in [4.69, 9.17) is 9.26 Å². The Bertz CT molecular complexity index is 488. The fourth-order valence-corrected chi connectivity index (χ4v) is 3.74. The van der Waals surface area contributed by atoms with Crippen molar-refractivity contribution in [3.63, 3.8) is 0 Å². The molecule has 1 fully saturated rings. The zero-order chi connectivity index (χ0) is 13.0. The van der Waals surface area contributed by atoms with Crippen LogP contribution in [-0.2, 0) is 26.0 Å². The monoisotopic (exact) mass is 273 g/mol. The number of ether oxygens (including phenoxy) is 1. The van der Waals surface area contributed by atoms with Gasteiger partial charge in [0.15, 0.2) is 22.2 Å². The van der Waals surface area contributed by atoms with E-state index < -0.39 is 21.6 Å². The Hall–Kier alpha value is -1.37. The van der Waals surface area contributed by atoms with Crippen LogP contribution in [-0.4, -0.2) is 30.5 Å². The van der Waals surface area contributed by atoms with Crippen molar-refractivity contribution >= 4 is 15.8 Å². The van der Waals surface area contributed by atoms with Crippen LogP contribution >= 0.6 is 0 Å². The van der Waals surface area contributed by atoms with E-state index in [-0.39, 0.29) is 11.9 Å². The number of sulfone groups is 1. The lowest BCUT2D eigenvalue weighted by molar-refractivity contribution is -0.142. The second kappa shape index (κ2) is 5.51. The number of rotatable bonds is 5. The number of esters is 1. The van der Waals surface area contributed by atoms with E-state index in [2.05, 4.69) is 5.16 Å². The lowest BCUT2D eigenvalue weighted by Gasteiger charge is -2.10. The Morgan fingerprint density at radius 1 is 1.44 bits per heavy atom. The van der Waals surface area contributed by atoms with Gasteiger partial charge in [-0.25, -0.2) is 8.42 Å². The van der Waals surface area contributed by atoms with Crippen LogP contribution < -0.4 is 0 Å². The first-order valence-corrected chi connectivity index (χ1v) is 7.56. The summed E-state index contributed by atoms with van der Waals surface area (Å²) in [5.74, 6) is -0.897. The number of nitrogens with zero attached hydrogens (tertiary/aromatic N) is 1. The largest absolute Gasteiger partial charge is 0.457 e. The summed E-state index contributed by atoms with van der Waals surface area (Å²) >= 11 is 0. The Labute approximate surface area is 105 Å². The van der Waals surface area contributed by atoms with Crippen molar-refractivity contribution in [3.8, 4) is 0 Å². The normalized spacial score (nSPS) is 16.9. The molecular weight excluding hydrogens is 258 g/mol. The van der Waals surface area contributed by atoms with E-state index in [1.165, 1.54) is 6.20 Å². The van der Waals surface area contributed by atoms with Gasteiger partial charge in [-0.15, -0.1) is 0 Å². The van der Waals surface area contributed by atoms with E-state index in [0.717, 1.165) is 12.8 Å². The summed E-state index contributed by atoms with van der Waals surface area (Å²) in [6.07, 6.45) is 4.56. The smallest absolute Gasteiger partial charge is 0.321 e. The highest BCUT2D eigenvalue weighted by molar-refractivity contribution is 7.92. The van der Waals surface area contributed by atoms with E-state index >= 15 is 0 Å². The van der Waals surface area contributed by atoms with Gasteiger partial charge in [0.25, 0.3) is 0 Å². The van der Waals surface area contributed by atoms with Crippen LogP contribution in [0.2, 0.25) is 0 Å². The minimum absolute atomic E-state index is 0.0843. The van der Waals surface area contributed by atoms with Crippen LogP contribution in [0.1, 0.15) is 31.4 Å². The number of aromatic nitrogens is 1. The molecule has 0 amide bonds. The number of carbonyl (C=O) groups excluding carboxylic acids is 1. The molecule has 0 saturated heterocycles. The third-order valence-corrected chi connectivity index (χ3v) is 5.12. The summed E-state index contributed by atoms with van der Waals surface area (Å²) in [4.78, 5) is 11.4. The molecule has 18 heavy (non-hydrogen) atoms. The number of hydrogen-bond donors (Lipinski definition) is 0. The first-order chi connectivity index (χ1) is 8.58. The van der Waals surface area contributed by atoms with Crippen molar-refractivity contribution in [2.24, 2.45) is 0 Å². The molecule has 0 atom stereocenters. The fraction of sp³-hybridized carbons (Fsp3) is 0.636. The molecule has 0 aromatic carbocycles. The molecule has 1 aromatic heterocycles. The Kier molecular flexibility index (Phi) is 4.00. The summed E-state index contributed by atoms with van der Waals surface area (Å²) in [6.45, 7) is -0.0843. The second-order valence-electron chi connectivity index (χ2n) is 4.35. The van der Waals surface area contributed by atoms with Gasteiger partial charge < -0.3 is 9.26 Å². The van der Waals surface area contributed by atoms with Crippen LogP contribution in [0, 0.1) is 0 Å². The Balaban J connectivity index is 1.83. The molecule has 0 aliphatic heterocycles. The van der Waals surface area contributed by atoms with Gasteiger partial charge in [-0.2, -0.15) is 0 Å². The summed E-state index contributed by atoms with van der Waals surface area (Å²) in [6, 6.07) is 1.55.